The van der Waals surface area contributed by atoms with Gasteiger partial charge in [0.2, 0.25) is 0 Å². The van der Waals surface area contributed by atoms with E-state index in [-0.39, 0.29) is 24.1 Å². The standard InChI is InChI=1S/C14H13ClF3NO4/c1-2-8-6-13(15,11(20)21)9-5-7(14(16,17)18)3-4-10(9)19(8)12(22)23/h3-5,8H,2,6H2,1H3,(H,20,21)(H,22,23). The third-order valence-corrected chi connectivity index (χ3v) is 4.43. The molecule has 2 N–H and O–H groups in total. The van der Waals surface area contributed by atoms with Crippen molar-refractivity contribution in [1.82, 2.24) is 0 Å². The third-order valence-electron chi connectivity index (χ3n) is 3.91. The number of fused-ring (bicyclic) bond motifs is 1. The lowest BCUT2D eigenvalue weighted by molar-refractivity contribution is -0.142. The number of amides is 1. The van der Waals surface area contributed by atoms with E-state index in [1.54, 1.807) is 6.92 Å². The highest BCUT2D eigenvalue weighted by molar-refractivity contribution is 6.34. The number of carboxylic acids is 1. The largest absolute Gasteiger partial charge is 0.480 e. The Bertz CT molecular complexity index is 664. The molecule has 1 heterocycles. The molecule has 0 saturated heterocycles. The summed E-state index contributed by atoms with van der Waals surface area (Å²) < 4.78 is 38.7. The summed E-state index contributed by atoms with van der Waals surface area (Å²) in [5, 5.41) is 18.7. The van der Waals surface area contributed by atoms with Gasteiger partial charge in [0.25, 0.3) is 0 Å². The number of rotatable bonds is 2. The Morgan fingerprint density at radius 1 is 1.39 bits per heavy atom. The van der Waals surface area contributed by atoms with Gasteiger partial charge in [-0.1, -0.05) is 6.92 Å². The summed E-state index contributed by atoms with van der Waals surface area (Å²) in [5.41, 5.74) is -1.59. The summed E-state index contributed by atoms with van der Waals surface area (Å²) in [7, 11) is 0. The van der Waals surface area contributed by atoms with E-state index < -0.39 is 34.7 Å². The second kappa shape index (κ2) is 5.59. The maximum Gasteiger partial charge on any atom is 0.416 e. The highest BCUT2D eigenvalue weighted by Crippen LogP contribution is 2.48. The molecule has 1 aliphatic heterocycles. The second-order valence-corrected chi connectivity index (χ2v) is 5.90. The van der Waals surface area contributed by atoms with Crippen molar-refractivity contribution in [2.45, 2.75) is 36.9 Å². The molecule has 2 atom stereocenters. The number of benzene rings is 1. The molecular weight excluding hydrogens is 339 g/mol. The van der Waals surface area contributed by atoms with Crippen LogP contribution in [0.25, 0.3) is 0 Å². The first-order valence-corrected chi connectivity index (χ1v) is 7.06. The normalized spacial score (nSPS) is 24.2. The van der Waals surface area contributed by atoms with E-state index in [0.29, 0.717) is 12.1 Å². The lowest BCUT2D eigenvalue weighted by Gasteiger charge is -2.41. The van der Waals surface area contributed by atoms with Crippen LogP contribution in [0.3, 0.4) is 0 Å². The van der Waals surface area contributed by atoms with Crippen LogP contribution in [-0.2, 0) is 15.8 Å². The highest BCUT2D eigenvalue weighted by Gasteiger charge is 2.50. The van der Waals surface area contributed by atoms with E-state index >= 15 is 0 Å². The van der Waals surface area contributed by atoms with Crippen molar-refractivity contribution in [1.29, 1.82) is 0 Å². The molecule has 23 heavy (non-hydrogen) atoms. The molecule has 2 rings (SSSR count). The lowest BCUT2D eigenvalue weighted by atomic mass is 9.83. The van der Waals surface area contributed by atoms with Gasteiger partial charge in [0, 0.05) is 18.0 Å². The molecule has 126 valence electrons. The Morgan fingerprint density at radius 3 is 2.43 bits per heavy atom. The zero-order valence-corrected chi connectivity index (χ0v) is 12.6. The maximum atomic E-state index is 12.9. The average molecular weight is 352 g/mol. The van der Waals surface area contributed by atoms with E-state index in [4.69, 9.17) is 11.6 Å². The smallest absolute Gasteiger partial charge is 0.416 e. The molecule has 0 radical (unpaired) electrons. The van der Waals surface area contributed by atoms with Gasteiger partial charge in [-0.15, -0.1) is 11.6 Å². The number of halogens is 4. The molecule has 1 aromatic rings. The monoisotopic (exact) mass is 351 g/mol. The van der Waals surface area contributed by atoms with Crippen molar-refractivity contribution in [2.75, 3.05) is 4.90 Å². The summed E-state index contributed by atoms with van der Waals surface area (Å²) in [6, 6.07) is 1.53. The van der Waals surface area contributed by atoms with Crippen LogP contribution < -0.4 is 4.90 Å². The number of alkyl halides is 4. The van der Waals surface area contributed by atoms with Gasteiger partial charge in [-0.2, -0.15) is 13.2 Å². The number of carbonyl (C=O) groups is 2. The van der Waals surface area contributed by atoms with Crippen LogP contribution in [0.5, 0.6) is 0 Å². The Labute approximate surface area is 134 Å². The van der Waals surface area contributed by atoms with Gasteiger partial charge in [0.1, 0.15) is 0 Å². The number of hydrogen-bond donors (Lipinski definition) is 2. The number of hydrogen-bond acceptors (Lipinski definition) is 2. The first-order valence-electron chi connectivity index (χ1n) is 6.68. The van der Waals surface area contributed by atoms with Crippen LogP contribution in [-0.4, -0.2) is 28.3 Å². The molecule has 9 heteroatoms. The fourth-order valence-electron chi connectivity index (χ4n) is 2.75. The molecule has 0 aliphatic carbocycles. The number of aliphatic carboxylic acids is 1. The van der Waals surface area contributed by atoms with Crippen LogP contribution in [0.1, 0.15) is 30.9 Å². The SMILES string of the molecule is CCC1CC(Cl)(C(=O)O)c2cc(C(F)(F)F)ccc2N1C(=O)O. The second-order valence-electron chi connectivity index (χ2n) is 5.25. The predicted molar refractivity (Wildman–Crippen MR) is 75.8 cm³/mol. The molecule has 0 fully saturated rings. The third kappa shape index (κ3) is 2.83. The van der Waals surface area contributed by atoms with Crippen molar-refractivity contribution in [3.05, 3.63) is 29.3 Å². The Hall–Kier alpha value is -1.96. The molecule has 1 aromatic carbocycles. The van der Waals surface area contributed by atoms with Crippen molar-refractivity contribution < 1.29 is 33.0 Å². The van der Waals surface area contributed by atoms with Gasteiger partial charge in [-0.3, -0.25) is 4.90 Å². The Kier molecular flexibility index (Phi) is 4.23. The molecule has 5 nitrogen and oxygen atoms in total. The number of nitrogens with zero attached hydrogens (tertiary/aromatic N) is 1. The van der Waals surface area contributed by atoms with Gasteiger partial charge in [-0.25, -0.2) is 9.59 Å². The Morgan fingerprint density at radius 2 is 2.00 bits per heavy atom. The van der Waals surface area contributed by atoms with Crippen LogP contribution in [0, 0.1) is 0 Å². The van der Waals surface area contributed by atoms with E-state index in [1.165, 1.54) is 0 Å². The topological polar surface area (TPSA) is 77.8 Å². The van der Waals surface area contributed by atoms with Crippen molar-refractivity contribution in [3.63, 3.8) is 0 Å². The van der Waals surface area contributed by atoms with Crippen LogP contribution in [0.15, 0.2) is 18.2 Å². The minimum Gasteiger partial charge on any atom is -0.480 e. The molecule has 0 saturated carbocycles. The zero-order chi connectivity index (χ0) is 17.6. The minimum atomic E-state index is -4.69. The molecule has 2 unspecified atom stereocenters. The summed E-state index contributed by atoms with van der Waals surface area (Å²) in [4.78, 5) is 21.8. The van der Waals surface area contributed by atoms with Crippen LogP contribution in [0.4, 0.5) is 23.7 Å². The molecule has 1 amide bonds. The molecule has 0 aromatic heterocycles. The minimum absolute atomic E-state index is 0.138. The van der Waals surface area contributed by atoms with E-state index in [2.05, 4.69) is 0 Å². The number of anilines is 1. The predicted octanol–water partition coefficient (Wildman–Crippen LogP) is 3.89. The fourth-order valence-corrected chi connectivity index (χ4v) is 3.08. The van der Waals surface area contributed by atoms with E-state index in [1.807, 2.05) is 0 Å². The van der Waals surface area contributed by atoms with E-state index in [0.717, 1.165) is 11.0 Å². The molecular formula is C14H13ClF3NO4. The highest BCUT2D eigenvalue weighted by atomic mass is 35.5. The van der Waals surface area contributed by atoms with Gasteiger partial charge in [0.05, 0.1) is 11.3 Å². The van der Waals surface area contributed by atoms with E-state index in [9.17, 15) is 33.0 Å². The average Bonchev–Trinajstić information content (AvgIpc) is 2.44. The number of carboxylic acid groups (broad SMARTS) is 2. The molecule has 1 aliphatic rings. The molecule has 0 spiro atoms. The maximum absolute atomic E-state index is 12.9. The zero-order valence-electron chi connectivity index (χ0n) is 11.9. The quantitative estimate of drug-likeness (QED) is 0.792. The van der Waals surface area contributed by atoms with Crippen molar-refractivity contribution in [3.8, 4) is 0 Å². The van der Waals surface area contributed by atoms with Gasteiger partial charge in [0.15, 0.2) is 4.87 Å². The summed E-state index contributed by atoms with van der Waals surface area (Å²) in [6.45, 7) is 1.65. The van der Waals surface area contributed by atoms with Crippen LogP contribution in [0.2, 0.25) is 0 Å². The Balaban J connectivity index is 2.74. The first-order chi connectivity index (χ1) is 10.5. The first kappa shape index (κ1) is 17.4. The lowest BCUT2D eigenvalue weighted by Crippen LogP contribution is -2.50. The summed E-state index contributed by atoms with van der Waals surface area (Å²) >= 11 is 6.12. The summed E-state index contributed by atoms with van der Waals surface area (Å²) in [6.07, 6.45) is -6.11. The van der Waals surface area contributed by atoms with Gasteiger partial charge in [-0.05, 0) is 24.6 Å². The summed E-state index contributed by atoms with van der Waals surface area (Å²) in [5.74, 6) is -1.51. The van der Waals surface area contributed by atoms with Crippen LogP contribution >= 0.6 is 11.6 Å². The fraction of sp³-hybridized carbons (Fsp3) is 0.429. The van der Waals surface area contributed by atoms with Gasteiger partial charge < -0.3 is 10.2 Å². The van der Waals surface area contributed by atoms with Crippen molar-refractivity contribution in [2.24, 2.45) is 0 Å². The molecule has 0 bridgehead atoms. The van der Waals surface area contributed by atoms with Gasteiger partial charge >= 0.3 is 18.2 Å². The van der Waals surface area contributed by atoms with Crippen molar-refractivity contribution >= 4 is 29.4 Å².